The first-order valence-corrected chi connectivity index (χ1v) is 23.8. The number of pyridine rings is 1. The van der Waals surface area contributed by atoms with Gasteiger partial charge in [-0.2, -0.15) is 10.1 Å². The fourth-order valence-corrected chi connectivity index (χ4v) is 8.96. The van der Waals surface area contributed by atoms with Gasteiger partial charge in [0.1, 0.15) is 11.6 Å². The number of rotatable bonds is 25. The predicted molar refractivity (Wildman–Crippen MR) is 247 cm³/mol. The highest BCUT2D eigenvalue weighted by Gasteiger charge is 2.42. The van der Waals surface area contributed by atoms with E-state index in [2.05, 4.69) is 56.2 Å². The van der Waals surface area contributed by atoms with Gasteiger partial charge in [0.05, 0.1) is 64.0 Å². The van der Waals surface area contributed by atoms with Crippen molar-refractivity contribution in [3.8, 4) is 23.0 Å². The molecule has 0 bridgehead atoms. The van der Waals surface area contributed by atoms with E-state index in [0.717, 1.165) is 68.9 Å². The molecule has 20 heteroatoms. The Bertz CT molecular complexity index is 2230. The minimum Gasteiger partial charge on any atom is -0.493 e. The number of hydrogen-bond acceptors (Lipinski definition) is 18. The summed E-state index contributed by atoms with van der Waals surface area (Å²) >= 11 is 0. The van der Waals surface area contributed by atoms with Crippen LogP contribution in [-0.4, -0.2) is 160 Å². The Morgan fingerprint density at radius 3 is 2.34 bits per heavy atom. The van der Waals surface area contributed by atoms with Gasteiger partial charge >= 0.3 is 0 Å². The molecule has 7 rings (SSSR count). The van der Waals surface area contributed by atoms with E-state index in [4.69, 9.17) is 23.7 Å². The van der Waals surface area contributed by atoms with Crippen LogP contribution in [0.3, 0.4) is 0 Å². The lowest BCUT2D eigenvalue weighted by molar-refractivity contribution is -0.140. The van der Waals surface area contributed by atoms with Crippen LogP contribution in [0.1, 0.15) is 44.2 Å². The van der Waals surface area contributed by atoms with Crippen LogP contribution in [0.5, 0.6) is 23.0 Å². The molecule has 0 radical (unpaired) electrons. The first kappa shape index (κ1) is 46.7. The zero-order chi connectivity index (χ0) is 44.9. The van der Waals surface area contributed by atoms with E-state index in [1.165, 1.54) is 44.3 Å². The molecule has 3 saturated heterocycles. The molecule has 19 nitrogen and oxygen atoms in total. The quantitative estimate of drug-likeness (QED) is 0.0647. The summed E-state index contributed by atoms with van der Waals surface area (Å²) in [6.45, 7) is 9.96. The molecule has 0 aliphatic carbocycles. The van der Waals surface area contributed by atoms with E-state index in [0.29, 0.717) is 78.2 Å². The van der Waals surface area contributed by atoms with Crippen molar-refractivity contribution in [1.29, 1.82) is 0 Å². The zero-order valence-electron chi connectivity index (χ0n) is 37.7. The van der Waals surface area contributed by atoms with Gasteiger partial charge < -0.3 is 49.9 Å². The summed E-state index contributed by atoms with van der Waals surface area (Å²) < 4.78 is 55.3. The second kappa shape index (κ2) is 22.6. The van der Waals surface area contributed by atoms with Gasteiger partial charge in [0.15, 0.2) is 28.8 Å². The highest BCUT2D eigenvalue weighted by atomic mass is 32.2. The zero-order valence-corrected chi connectivity index (χ0v) is 38.5. The lowest BCUT2D eigenvalue weighted by atomic mass is 9.90. The van der Waals surface area contributed by atoms with Crippen LogP contribution in [0.15, 0.2) is 48.8 Å². The van der Waals surface area contributed by atoms with Gasteiger partial charge in [-0.1, -0.05) is 0 Å². The number of aryl methyl sites for hydroxylation is 1. The molecular formula is C44H64N12O7S. The number of hydrogen-bond donors (Lipinski definition) is 4. The lowest BCUT2D eigenvalue weighted by Crippen LogP contribution is -2.55. The molecule has 6 heterocycles. The van der Waals surface area contributed by atoms with E-state index < -0.39 is 10.0 Å². The number of nitrogens with zero attached hydrogens (tertiary/aromatic N) is 8. The molecule has 4 aromatic rings. The van der Waals surface area contributed by atoms with Crippen LogP contribution in [0.25, 0.3) is 0 Å². The second-order valence-corrected chi connectivity index (χ2v) is 18.8. The van der Waals surface area contributed by atoms with E-state index in [-0.39, 0.29) is 18.4 Å². The predicted octanol–water partition coefficient (Wildman–Crippen LogP) is 5.00. The van der Waals surface area contributed by atoms with Gasteiger partial charge in [-0.25, -0.2) is 22.7 Å². The van der Waals surface area contributed by atoms with Crippen molar-refractivity contribution < 1.29 is 32.1 Å². The minimum absolute atomic E-state index is 0.0522. The molecule has 3 atom stereocenters. The Morgan fingerprint density at radius 1 is 0.812 bits per heavy atom. The number of aromatic nitrogens is 5. The molecule has 3 fully saturated rings. The molecule has 0 saturated carbocycles. The molecule has 0 spiro atoms. The summed E-state index contributed by atoms with van der Waals surface area (Å²) in [5.74, 6) is 4.85. The molecule has 4 N–H and O–H groups in total. The van der Waals surface area contributed by atoms with Gasteiger partial charge in [0.25, 0.3) is 0 Å². The number of anilines is 6. The fraction of sp³-hybridized carbons (Fsp3) is 0.568. The molecule has 348 valence electrons. The maximum Gasteiger partial charge on any atom is 0.229 e. The number of ether oxygens (including phenoxy) is 5. The normalized spacial score (nSPS) is 19.0. The van der Waals surface area contributed by atoms with Crippen LogP contribution in [0.4, 0.5) is 34.8 Å². The molecule has 3 aliphatic heterocycles. The summed E-state index contributed by atoms with van der Waals surface area (Å²) in [7, 11) is 2.95. The third kappa shape index (κ3) is 12.9. The second-order valence-electron chi connectivity index (χ2n) is 16.5. The third-order valence-corrected chi connectivity index (χ3v) is 13.5. The summed E-state index contributed by atoms with van der Waals surface area (Å²) in [6, 6.07) is 11.5. The molecule has 3 aliphatic rings. The summed E-state index contributed by atoms with van der Waals surface area (Å²) in [5.41, 5.74) is 2.32. The Kier molecular flexibility index (Phi) is 16.5. The number of benzene rings is 1. The Balaban J connectivity index is 0.857. The first-order valence-electron chi connectivity index (χ1n) is 22.2. The monoisotopic (exact) mass is 904 g/mol. The smallest absolute Gasteiger partial charge is 0.229 e. The number of sulfonamides is 1. The lowest BCUT2D eigenvalue weighted by Gasteiger charge is -2.44. The van der Waals surface area contributed by atoms with Gasteiger partial charge in [-0.3, -0.25) is 4.90 Å². The fourth-order valence-electron chi connectivity index (χ4n) is 8.24. The van der Waals surface area contributed by atoms with Crippen LogP contribution < -0.4 is 40.2 Å². The Morgan fingerprint density at radius 2 is 1.59 bits per heavy atom. The largest absolute Gasteiger partial charge is 0.493 e. The van der Waals surface area contributed by atoms with Crippen molar-refractivity contribution in [3.63, 3.8) is 0 Å². The molecule has 1 aromatic carbocycles. The highest BCUT2D eigenvalue weighted by molar-refractivity contribution is 7.89. The first-order chi connectivity index (χ1) is 31.1. The van der Waals surface area contributed by atoms with Crippen molar-refractivity contribution in [3.05, 3.63) is 54.5 Å². The topological polar surface area (TPSA) is 203 Å². The van der Waals surface area contributed by atoms with Crippen LogP contribution in [0, 0.1) is 12.8 Å². The van der Waals surface area contributed by atoms with Crippen molar-refractivity contribution in [2.24, 2.45) is 5.92 Å². The summed E-state index contributed by atoms with van der Waals surface area (Å²) in [5, 5.41) is 21.7. The molecule has 64 heavy (non-hydrogen) atoms. The maximum atomic E-state index is 12.2. The maximum absolute atomic E-state index is 12.2. The average molecular weight is 905 g/mol. The summed E-state index contributed by atoms with van der Waals surface area (Å²) in [4.78, 5) is 18.6. The molecule has 3 unspecified atom stereocenters. The van der Waals surface area contributed by atoms with Crippen LogP contribution >= 0.6 is 0 Å². The highest BCUT2D eigenvalue weighted by Crippen LogP contribution is 2.35. The van der Waals surface area contributed by atoms with Crippen molar-refractivity contribution >= 4 is 44.8 Å². The number of methoxy groups -OCH3 is 2. The standard InChI is InChI=1S/C44H64N12O7S/c1-31-23-40(45-14-22-64(57,58)54(2)3)52-44(49-31)50-33-12-13-36(59-4)37(24-33)61-21-10-19-56-18-8-11-35(56)43-32(30-63-43)27-46-34-25-42(53-48-28-34)51-41-26-38(39(60-5)29-47-41)62-20-9-17-55-15-6-7-16-55/h12-13,23-26,28-29,32,35,43H,6-11,14-22,27,30H2,1-5H3,(H2,45,49,50,52)(H2,46,47,51,53). The molecule has 0 amide bonds. The Labute approximate surface area is 377 Å². The SMILES string of the molecule is COc1cnc(Nc2cc(NCC3COC3C3CCCN3CCCOc3cc(Nc4nc(C)cc(NCCS(=O)(=O)N(C)C)n4)ccc3OC)cnn2)cc1OCCCN1CCCC1. The third-order valence-electron chi connectivity index (χ3n) is 11.7. The van der Waals surface area contributed by atoms with Crippen molar-refractivity contribution in [2.75, 3.05) is 121 Å². The van der Waals surface area contributed by atoms with Crippen LogP contribution in [-0.2, 0) is 14.8 Å². The van der Waals surface area contributed by atoms with Crippen molar-refractivity contribution in [1.82, 2.24) is 39.3 Å². The molecule has 3 aromatic heterocycles. The van der Waals surface area contributed by atoms with E-state index in [1.54, 1.807) is 32.7 Å². The van der Waals surface area contributed by atoms with Gasteiger partial charge in [-0.05, 0) is 77.2 Å². The van der Waals surface area contributed by atoms with Gasteiger partial charge in [-0.15, -0.1) is 5.10 Å². The summed E-state index contributed by atoms with van der Waals surface area (Å²) in [6.07, 6.45) is 10.1. The van der Waals surface area contributed by atoms with E-state index in [1.807, 2.05) is 37.3 Å². The Hall–Kier alpha value is -5.28. The van der Waals surface area contributed by atoms with Gasteiger partial charge in [0.2, 0.25) is 16.0 Å². The van der Waals surface area contributed by atoms with Gasteiger partial charge in [0, 0.05) is 87.9 Å². The number of nitrogens with one attached hydrogen (secondary N) is 4. The van der Waals surface area contributed by atoms with Crippen molar-refractivity contribution in [2.45, 2.75) is 57.6 Å². The molecular weight excluding hydrogens is 841 g/mol. The van der Waals surface area contributed by atoms with E-state index in [9.17, 15) is 8.42 Å². The average Bonchev–Trinajstić information content (AvgIpc) is 3.96. The minimum atomic E-state index is -3.33. The number of likely N-dealkylation sites (tertiary alicyclic amines) is 2. The van der Waals surface area contributed by atoms with Crippen LogP contribution in [0.2, 0.25) is 0 Å². The van der Waals surface area contributed by atoms with E-state index >= 15 is 0 Å².